The third-order valence-corrected chi connectivity index (χ3v) is 4.69. The van der Waals surface area contributed by atoms with Gasteiger partial charge in [0.25, 0.3) is 0 Å². The van der Waals surface area contributed by atoms with E-state index in [4.69, 9.17) is 4.74 Å². The summed E-state index contributed by atoms with van der Waals surface area (Å²) in [6, 6.07) is 17.3. The Hall–Kier alpha value is -2.73. The molecular formula is C21H18BrFN2O2. The number of halogens is 2. The average molecular weight is 429 g/mol. The number of hydrogen-bond donors (Lipinski definition) is 1. The van der Waals surface area contributed by atoms with Gasteiger partial charge in [-0.1, -0.05) is 46.3 Å². The molecule has 1 heterocycles. The lowest BCUT2D eigenvalue weighted by Gasteiger charge is -2.11. The Labute approximate surface area is 165 Å². The molecule has 6 heteroatoms. The molecule has 4 nitrogen and oxygen atoms in total. The van der Waals surface area contributed by atoms with Gasteiger partial charge in [-0.2, -0.15) is 0 Å². The molecule has 1 N–H and O–H groups in total. The molecule has 27 heavy (non-hydrogen) atoms. The van der Waals surface area contributed by atoms with E-state index >= 15 is 0 Å². The standard InChI is InChI=1S/C21H18BrFN2O2/c22-19-9-2-1-5-15(19)10-11-20(26)25-14-16-6-4-12-24-21(16)27-18-8-3-7-17(23)13-18/h1-9,12-13H,10-11,14H2,(H,25,26). The molecule has 0 atom stereocenters. The molecule has 0 saturated carbocycles. The van der Waals surface area contributed by atoms with Crippen molar-refractivity contribution in [1.82, 2.24) is 10.3 Å². The highest BCUT2D eigenvalue weighted by atomic mass is 79.9. The van der Waals surface area contributed by atoms with Crippen LogP contribution in [0.1, 0.15) is 17.5 Å². The first-order valence-electron chi connectivity index (χ1n) is 8.49. The summed E-state index contributed by atoms with van der Waals surface area (Å²) in [5, 5.41) is 2.88. The maximum absolute atomic E-state index is 13.3. The second-order valence-corrected chi connectivity index (χ2v) is 6.75. The fraction of sp³-hybridized carbons (Fsp3) is 0.143. The van der Waals surface area contributed by atoms with E-state index < -0.39 is 0 Å². The lowest BCUT2D eigenvalue weighted by molar-refractivity contribution is -0.121. The molecule has 138 valence electrons. The van der Waals surface area contributed by atoms with E-state index in [2.05, 4.69) is 26.2 Å². The summed E-state index contributed by atoms with van der Waals surface area (Å²) < 4.78 is 20.0. The summed E-state index contributed by atoms with van der Waals surface area (Å²) in [5.41, 5.74) is 1.81. The van der Waals surface area contributed by atoms with Gasteiger partial charge in [-0.05, 0) is 36.2 Å². The van der Waals surface area contributed by atoms with E-state index in [1.165, 1.54) is 12.1 Å². The zero-order valence-electron chi connectivity index (χ0n) is 14.5. The number of aryl methyl sites for hydroxylation is 1. The molecule has 0 radical (unpaired) electrons. The van der Waals surface area contributed by atoms with E-state index in [9.17, 15) is 9.18 Å². The number of ether oxygens (including phenoxy) is 1. The van der Waals surface area contributed by atoms with Crippen LogP contribution in [0.4, 0.5) is 4.39 Å². The number of carbonyl (C=O) groups excluding carboxylic acids is 1. The van der Waals surface area contributed by atoms with Gasteiger partial charge in [0.05, 0.1) is 0 Å². The van der Waals surface area contributed by atoms with Crippen LogP contribution in [-0.4, -0.2) is 10.9 Å². The van der Waals surface area contributed by atoms with Crippen molar-refractivity contribution in [3.8, 4) is 11.6 Å². The maximum Gasteiger partial charge on any atom is 0.224 e. The van der Waals surface area contributed by atoms with Crippen LogP contribution in [0, 0.1) is 5.82 Å². The highest BCUT2D eigenvalue weighted by Crippen LogP contribution is 2.23. The van der Waals surface area contributed by atoms with Crippen LogP contribution in [0.2, 0.25) is 0 Å². The van der Waals surface area contributed by atoms with E-state index in [0.717, 1.165) is 15.6 Å². The SMILES string of the molecule is O=C(CCc1ccccc1Br)NCc1cccnc1Oc1cccc(F)c1. The van der Waals surface area contributed by atoms with Gasteiger partial charge < -0.3 is 10.1 Å². The fourth-order valence-electron chi connectivity index (χ4n) is 2.52. The third-order valence-electron chi connectivity index (χ3n) is 3.92. The molecule has 1 aromatic heterocycles. The van der Waals surface area contributed by atoms with Crippen molar-refractivity contribution in [2.45, 2.75) is 19.4 Å². The summed E-state index contributed by atoms with van der Waals surface area (Å²) in [7, 11) is 0. The van der Waals surface area contributed by atoms with Crippen molar-refractivity contribution in [1.29, 1.82) is 0 Å². The minimum Gasteiger partial charge on any atom is -0.439 e. The lowest BCUT2D eigenvalue weighted by Crippen LogP contribution is -2.23. The quantitative estimate of drug-likeness (QED) is 0.574. The van der Waals surface area contributed by atoms with Gasteiger partial charge in [0.1, 0.15) is 11.6 Å². The molecule has 0 aliphatic carbocycles. The van der Waals surface area contributed by atoms with Gasteiger partial charge in [-0.25, -0.2) is 9.37 Å². The van der Waals surface area contributed by atoms with Crippen LogP contribution in [0.15, 0.2) is 71.3 Å². The van der Waals surface area contributed by atoms with Crippen molar-refractivity contribution in [2.75, 3.05) is 0 Å². The van der Waals surface area contributed by atoms with Crippen molar-refractivity contribution in [2.24, 2.45) is 0 Å². The highest BCUT2D eigenvalue weighted by Gasteiger charge is 2.09. The molecule has 2 aromatic carbocycles. The van der Waals surface area contributed by atoms with E-state index in [1.54, 1.807) is 24.4 Å². The smallest absolute Gasteiger partial charge is 0.224 e. The Kier molecular flexibility index (Phi) is 6.54. The minimum atomic E-state index is -0.384. The van der Waals surface area contributed by atoms with Crippen molar-refractivity contribution < 1.29 is 13.9 Å². The number of amides is 1. The Balaban J connectivity index is 1.58. The van der Waals surface area contributed by atoms with E-state index in [-0.39, 0.29) is 18.3 Å². The molecular weight excluding hydrogens is 411 g/mol. The fourth-order valence-corrected chi connectivity index (χ4v) is 3.01. The van der Waals surface area contributed by atoms with Gasteiger partial charge in [-0.15, -0.1) is 0 Å². The predicted octanol–water partition coefficient (Wildman–Crippen LogP) is 5.02. The number of aromatic nitrogens is 1. The zero-order chi connectivity index (χ0) is 19.1. The van der Waals surface area contributed by atoms with Crippen LogP contribution in [0.25, 0.3) is 0 Å². The van der Waals surface area contributed by atoms with Gasteiger partial charge >= 0.3 is 0 Å². The maximum atomic E-state index is 13.3. The molecule has 0 fully saturated rings. The largest absolute Gasteiger partial charge is 0.439 e. The Morgan fingerprint density at radius 1 is 1.07 bits per heavy atom. The van der Waals surface area contributed by atoms with Crippen molar-refractivity contribution in [3.05, 3.63) is 88.3 Å². The Morgan fingerprint density at radius 2 is 1.89 bits per heavy atom. The van der Waals surface area contributed by atoms with Gasteiger partial charge in [0.15, 0.2) is 0 Å². The second-order valence-electron chi connectivity index (χ2n) is 5.90. The first-order chi connectivity index (χ1) is 13.1. The molecule has 1 amide bonds. The van der Waals surface area contributed by atoms with Crippen molar-refractivity contribution in [3.63, 3.8) is 0 Å². The summed E-state index contributed by atoms with van der Waals surface area (Å²) in [5.74, 6) is 0.251. The van der Waals surface area contributed by atoms with Crippen LogP contribution < -0.4 is 10.1 Å². The molecule has 0 saturated heterocycles. The number of rotatable bonds is 7. The lowest BCUT2D eigenvalue weighted by atomic mass is 10.1. The molecule has 0 spiro atoms. The number of benzene rings is 2. The summed E-state index contributed by atoms with van der Waals surface area (Å²) in [4.78, 5) is 16.4. The summed E-state index contributed by atoms with van der Waals surface area (Å²) >= 11 is 3.49. The summed E-state index contributed by atoms with van der Waals surface area (Å²) in [6.07, 6.45) is 2.61. The predicted molar refractivity (Wildman–Crippen MR) is 105 cm³/mol. The Morgan fingerprint density at radius 3 is 2.70 bits per heavy atom. The van der Waals surface area contributed by atoms with Gasteiger partial charge in [-0.3, -0.25) is 4.79 Å². The first-order valence-corrected chi connectivity index (χ1v) is 9.28. The van der Waals surface area contributed by atoms with Crippen LogP contribution in [-0.2, 0) is 17.8 Å². The number of hydrogen-bond acceptors (Lipinski definition) is 3. The van der Waals surface area contributed by atoms with Crippen molar-refractivity contribution >= 4 is 21.8 Å². The molecule has 0 unspecified atom stereocenters. The third kappa shape index (κ3) is 5.62. The molecule has 3 rings (SSSR count). The van der Waals surface area contributed by atoms with Gasteiger partial charge in [0.2, 0.25) is 11.8 Å². The zero-order valence-corrected chi connectivity index (χ0v) is 16.1. The van der Waals surface area contributed by atoms with Crippen LogP contribution in [0.3, 0.4) is 0 Å². The molecule has 0 aliphatic rings. The summed E-state index contributed by atoms with van der Waals surface area (Å²) in [6.45, 7) is 0.285. The van der Waals surface area contributed by atoms with Crippen LogP contribution >= 0.6 is 15.9 Å². The number of nitrogens with zero attached hydrogens (tertiary/aromatic N) is 1. The molecule has 0 aliphatic heterocycles. The normalized spacial score (nSPS) is 10.4. The van der Waals surface area contributed by atoms with Gasteiger partial charge in [0, 0.05) is 35.3 Å². The van der Waals surface area contributed by atoms with E-state index in [0.29, 0.717) is 24.5 Å². The first kappa shape index (κ1) is 19.0. The van der Waals surface area contributed by atoms with E-state index in [1.807, 2.05) is 30.3 Å². The molecule has 0 bridgehead atoms. The average Bonchev–Trinajstić information content (AvgIpc) is 2.67. The minimum absolute atomic E-state index is 0.0636. The number of pyridine rings is 1. The Bertz CT molecular complexity index is 933. The topological polar surface area (TPSA) is 51.2 Å². The monoisotopic (exact) mass is 428 g/mol. The number of carbonyl (C=O) groups is 1. The second kappa shape index (κ2) is 9.28. The van der Waals surface area contributed by atoms with Crippen LogP contribution in [0.5, 0.6) is 11.6 Å². The number of nitrogens with one attached hydrogen (secondary N) is 1. The highest BCUT2D eigenvalue weighted by molar-refractivity contribution is 9.10. The molecule has 3 aromatic rings.